The zero-order chi connectivity index (χ0) is 29.9. The van der Waals surface area contributed by atoms with E-state index in [0.717, 1.165) is 29.7 Å². The molecule has 5 nitrogen and oxygen atoms in total. The average Bonchev–Trinajstić information content (AvgIpc) is 2.96. The smallest absolute Gasteiger partial charge is 0.253 e. The largest absolute Gasteiger partial charge is 0.381 e. The summed E-state index contributed by atoms with van der Waals surface area (Å²) < 4.78 is 0. The van der Waals surface area contributed by atoms with Crippen LogP contribution in [0.1, 0.15) is 91.7 Å². The molecule has 1 amide bonds. The molecule has 3 aromatic rings. The molecular formula is C36H45N3O2. The summed E-state index contributed by atoms with van der Waals surface area (Å²) in [5.74, 6) is 6.15. The molecule has 0 spiro atoms. The minimum Gasteiger partial charge on any atom is -0.381 e. The lowest BCUT2D eigenvalue weighted by Crippen LogP contribution is -2.35. The van der Waals surface area contributed by atoms with E-state index in [1.54, 1.807) is 24.1 Å². The predicted octanol–water partition coefficient (Wildman–Crippen LogP) is 6.89. The van der Waals surface area contributed by atoms with Crippen LogP contribution < -0.4 is 10.2 Å². The fourth-order valence-corrected chi connectivity index (χ4v) is 5.51. The Balaban J connectivity index is 1.65. The molecule has 1 atom stereocenters. The van der Waals surface area contributed by atoms with Gasteiger partial charge >= 0.3 is 0 Å². The molecule has 216 valence electrons. The van der Waals surface area contributed by atoms with Crippen molar-refractivity contribution in [3.63, 3.8) is 0 Å². The summed E-state index contributed by atoms with van der Waals surface area (Å²) in [6.45, 7) is 12.5. The van der Waals surface area contributed by atoms with E-state index >= 15 is 0 Å². The highest BCUT2D eigenvalue weighted by atomic mass is 16.3. The second-order valence-corrected chi connectivity index (χ2v) is 12.7. The molecule has 1 aliphatic carbocycles. The summed E-state index contributed by atoms with van der Waals surface area (Å²) in [6.07, 6.45) is 1.25. The summed E-state index contributed by atoms with van der Waals surface area (Å²) in [5.41, 5.74) is 8.25. The summed E-state index contributed by atoms with van der Waals surface area (Å²) >= 11 is 0. The highest BCUT2D eigenvalue weighted by Crippen LogP contribution is 2.49. The minimum absolute atomic E-state index is 0.00812. The SMILES string of the molecule is CCN(C)C(=O)c1ccc(C#CC(O)c2cc(NCc3ccc(N(C)C)cc3)c3c(c2)C(C)(C)CCC3(C)C)cc1. The third-order valence-corrected chi connectivity index (χ3v) is 8.50. The van der Waals surface area contributed by atoms with Crippen LogP contribution in [0.15, 0.2) is 60.7 Å². The molecule has 1 aliphatic rings. The van der Waals surface area contributed by atoms with Crippen LogP contribution in [0.2, 0.25) is 0 Å². The Morgan fingerprint density at radius 1 is 0.951 bits per heavy atom. The van der Waals surface area contributed by atoms with Gasteiger partial charge in [0.05, 0.1) is 0 Å². The van der Waals surface area contributed by atoms with Gasteiger partial charge in [0.25, 0.3) is 5.91 Å². The highest BCUT2D eigenvalue weighted by Gasteiger charge is 2.39. The summed E-state index contributed by atoms with van der Waals surface area (Å²) in [4.78, 5) is 16.2. The van der Waals surface area contributed by atoms with E-state index in [1.165, 1.54) is 22.4 Å². The maximum absolute atomic E-state index is 12.4. The van der Waals surface area contributed by atoms with Crippen molar-refractivity contribution in [2.45, 2.75) is 70.9 Å². The topological polar surface area (TPSA) is 55.8 Å². The highest BCUT2D eigenvalue weighted by molar-refractivity contribution is 5.94. The van der Waals surface area contributed by atoms with Gasteiger partial charge in [0.15, 0.2) is 0 Å². The first-order valence-corrected chi connectivity index (χ1v) is 14.6. The van der Waals surface area contributed by atoms with E-state index in [1.807, 2.05) is 33.2 Å². The van der Waals surface area contributed by atoms with Crippen molar-refractivity contribution in [2.24, 2.45) is 0 Å². The molecule has 1 unspecified atom stereocenters. The Labute approximate surface area is 246 Å². The lowest BCUT2D eigenvalue weighted by molar-refractivity contribution is 0.0802. The Morgan fingerprint density at radius 2 is 1.59 bits per heavy atom. The number of fused-ring (bicyclic) bond motifs is 1. The Kier molecular flexibility index (Phi) is 8.85. The van der Waals surface area contributed by atoms with Crippen LogP contribution in [0.3, 0.4) is 0 Å². The predicted molar refractivity (Wildman–Crippen MR) is 171 cm³/mol. The first kappa shape index (κ1) is 30.2. The van der Waals surface area contributed by atoms with Gasteiger partial charge in [0.2, 0.25) is 0 Å². The molecule has 0 saturated heterocycles. The Bertz CT molecular complexity index is 1440. The molecule has 2 N–H and O–H groups in total. The fraction of sp³-hybridized carbons (Fsp3) is 0.417. The van der Waals surface area contributed by atoms with Crippen molar-refractivity contribution in [1.82, 2.24) is 4.90 Å². The number of benzene rings is 3. The monoisotopic (exact) mass is 551 g/mol. The van der Waals surface area contributed by atoms with Crippen LogP contribution in [-0.2, 0) is 17.4 Å². The number of amides is 1. The first-order chi connectivity index (χ1) is 19.3. The van der Waals surface area contributed by atoms with E-state index in [0.29, 0.717) is 18.7 Å². The minimum atomic E-state index is -0.936. The van der Waals surface area contributed by atoms with Crippen LogP contribution >= 0.6 is 0 Å². The second kappa shape index (κ2) is 12.0. The summed E-state index contributed by atoms with van der Waals surface area (Å²) in [5, 5.41) is 15.0. The third kappa shape index (κ3) is 6.77. The average molecular weight is 552 g/mol. The number of aliphatic hydroxyl groups excluding tert-OH is 1. The van der Waals surface area contributed by atoms with Gasteiger partial charge in [-0.1, -0.05) is 57.7 Å². The quantitative estimate of drug-likeness (QED) is 0.314. The van der Waals surface area contributed by atoms with Crippen molar-refractivity contribution in [1.29, 1.82) is 0 Å². The molecule has 0 aromatic heterocycles. The lowest BCUT2D eigenvalue weighted by Gasteiger charge is -2.43. The molecule has 41 heavy (non-hydrogen) atoms. The Hall–Kier alpha value is -3.75. The number of nitrogens with one attached hydrogen (secondary N) is 1. The van der Waals surface area contributed by atoms with Gasteiger partial charge in [0, 0.05) is 56.7 Å². The van der Waals surface area contributed by atoms with Gasteiger partial charge in [-0.3, -0.25) is 4.79 Å². The number of anilines is 2. The number of nitrogens with zero attached hydrogens (tertiary/aromatic N) is 2. The molecule has 4 rings (SSSR count). The third-order valence-electron chi connectivity index (χ3n) is 8.50. The number of rotatable bonds is 7. The molecule has 0 radical (unpaired) electrons. The molecular weight excluding hydrogens is 506 g/mol. The van der Waals surface area contributed by atoms with Gasteiger partial charge in [0.1, 0.15) is 6.10 Å². The molecule has 3 aromatic carbocycles. The zero-order valence-corrected chi connectivity index (χ0v) is 25.9. The number of aliphatic hydroxyl groups is 1. The standard InChI is InChI=1S/C36H45N3O2/c1-9-39(8)34(41)27-15-10-25(11-16-27)14-19-32(40)28-22-30-33(36(4,5)21-20-35(30,2)3)31(23-28)37-24-26-12-17-29(18-13-26)38(6)7/h10-13,15-18,22-23,32,37,40H,9,20-21,24H2,1-8H3. The van der Waals surface area contributed by atoms with Gasteiger partial charge in [-0.25, -0.2) is 0 Å². The van der Waals surface area contributed by atoms with Crippen LogP contribution in [0.5, 0.6) is 0 Å². The molecule has 0 saturated carbocycles. The number of hydrogen-bond acceptors (Lipinski definition) is 4. The van der Waals surface area contributed by atoms with E-state index < -0.39 is 6.10 Å². The van der Waals surface area contributed by atoms with Crippen LogP contribution in [0.4, 0.5) is 11.4 Å². The maximum Gasteiger partial charge on any atom is 0.253 e. The lowest BCUT2D eigenvalue weighted by atomic mass is 9.62. The molecule has 0 bridgehead atoms. The van der Waals surface area contributed by atoms with E-state index in [9.17, 15) is 9.90 Å². The van der Waals surface area contributed by atoms with E-state index in [-0.39, 0.29) is 16.7 Å². The van der Waals surface area contributed by atoms with Gasteiger partial charge in [-0.05, 0) is 95.3 Å². The Morgan fingerprint density at radius 3 is 2.20 bits per heavy atom. The number of carbonyl (C=O) groups excluding carboxylic acids is 1. The van der Waals surface area contributed by atoms with Crippen LogP contribution in [-0.4, -0.2) is 43.6 Å². The first-order valence-electron chi connectivity index (χ1n) is 14.6. The van der Waals surface area contributed by atoms with Crippen LogP contribution in [0.25, 0.3) is 0 Å². The summed E-state index contributed by atoms with van der Waals surface area (Å²) in [7, 11) is 5.88. The fourth-order valence-electron chi connectivity index (χ4n) is 5.51. The van der Waals surface area contributed by atoms with Gasteiger partial charge in [-0.15, -0.1) is 0 Å². The van der Waals surface area contributed by atoms with E-state index in [2.05, 4.69) is 86.2 Å². The zero-order valence-electron chi connectivity index (χ0n) is 25.9. The molecule has 0 heterocycles. The van der Waals surface area contributed by atoms with Gasteiger partial charge in [-0.2, -0.15) is 0 Å². The second-order valence-electron chi connectivity index (χ2n) is 12.7. The van der Waals surface area contributed by atoms with Crippen molar-refractivity contribution in [3.05, 3.63) is 94.0 Å². The molecule has 0 fully saturated rings. The van der Waals surface area contributed by atoms with Crippen molar-refractivity contribution >= 4 is 17.3 Å². The van der Waals surface area contributed by atoms with Crippen molar-refractivity contribution in [2.75, 3.05) is 37.9 Å². The maximum atomic E-state index is 12.4. The van der Waals surface area contributed by atoms with Crippen molar-refractivity contribution in [3.8, 4) is 11.8 Å². The van der Waals surface area contributed by atoms with Crippen molar-refractivity contribution < 1.29 is 9.90 Å². The normalized spacial score (nSPS) is 15.6. The summed E-state index contributed by atoms with van der Waals surface area (Å²) in [6, 6.07) is 20.1. The number of hydrogen-bond donors (Lipinski definition) is 2. The molecule has 5 heteroatoms. The number of carbonyl (C=O) groups is 1. The molecule has 0 aliphatic heterocycles. The van der Waals surface area contributed by atoms with E-state index in [4.69, 9.17) is 0 Å². The van der Waals surface area contributed by atoms with Gasteiger partial charge < -0.3 is 20.2 Å². The van der Waals surface area contributed by atoms with Crippen LogP contribution in [0, 0.1) is 11.8 Å².